The predicted molar refractivity (Wildman–Crippen MR) is 72.2 cm³/mol. The van der Waals surface area contributed by atoms with E-state index in [1.165, 1.54) is 0 Å². The van der Waals surface area contributed by atoms with Crippen LogP contribution in [0.4, 0.5) is 0 Å². The van der Waals surface area contributed by atoms with Crippen molar-refractivity contribution in [2.45, 2.75) is 6.54 Å². The number of rotatable bonds is 2. The fourth-order valence-corrected chi connectivity index (χ4v) is 2.34. The summed E-state index contributed by atoms with van der Waals surface area (Å²) in [5, 5.41) is 10.1. The molecule has 1 aromatic carbocycles. The quantitative estimate of drug-likeness (QED) is 0.720. The molecule has 0 atom stereocenters. The Morgan fingerprint density at radius 2 is 2.11 bits per heavy atom. The van der Waals surface area contributed by atoms with E-state index in [2.05, 4.69) is 26.6 Å². The van der Waals surface area contributed by atoms with Crippen LogP contribution in [-0.4, -0.2) is 4.57 Å². The molecule has 0 bridgehead atoms. The second-order valence-corrected chi connectivity index (χ2v) is 4.82. The van der Waals surface area contributed by atoms with Crippen molar-refractivity contribution in [2.75, 3.05) is 0 Å². The first-order chi connectivity index (χ1) is 8.76. The number of aromatic nitrogens is 1. The van der Waals surface area contributed by atoms with E-state index in [0.717, 1.165) is 21.3 Å². The SMILES string of the molecule is N#Cc1ccc2ccn(Cc3ccc(Br)o3)c2c1. The van der Waals surface area contributed by atoms with E-state index in [4.69, 9.17) is 9.68 Å². The molecule has 0 aliphatic rings. The largest absolute Gasteiger partial charge is 0.452 e. The summed E-state index contributed by atoms with van der Waals surface area (Å²) in [7, 11) is 0. The molecular formula is C14H9BrN2O. The minimum atomic E-state index is 0.657. The van der Waals surface area contributed by atoms with Crippen molar-refractivity contribution in [1.29, 1.82) is 5.26 Å². The molecule has 3 aromatic rings. The van der Waals surface area contributed by atoms with Gasteiger partial charge in [-0.25, -0.2) is 0 Å². The van der Waals surface area contributed by atoms with E-state index in [9.17, 15) is 0 Å². The fraction of sp³-hybridized carbons (Fsp3) is 0.0714. The van der Waals surface area contributed by atoms with Gasteiger partial charge in [-0.2, -0.15) is 5.26 Å². The minimum absolute atomic E-state index is 0.657. The van der Waals surface area contributed by atoms with Crippen LogP contribution in [0.2, 0.25) is 0 Å². The van der Waals surface area contributed by atoms with Gasteiger partial charge in [-0.1, -0.05) is 6.07 Å². The van der Waals surface area contributed by atoms with Crippen molar-refractivity contribution in [1.82, 2.24) is 4.57 Å². The molecular weight excluding hydrogens is 292 g/mol. The van der Waals surface area contributed by atoms with Crippen LogP contribution in [0.5, 0.6) is 0 Å². The Hall–Kier alpha value is -1.99. The summed E-state index contributed by atoms with van der Waals surface area (Å²) in [6.45, 7) is 0.657. The first kappa shape index (κ1) is 11.1. The van der Waals surface area contributed by atoms with E-state index >= 15 is 0 Å². The number of fused-ring (bicyclic) bond motifs is 1. The normalized spacial score (nSPS) is 10.7. The summed E-state index contributed by atoms with van der Waals surface area (Å²) < 4.78 is 8.29. The molecule has 0 saturated heterocycles. The average molecular weight is 301 g/mol. The van der Waals surface area contributed by atoms with Crippen molar-refractivity contribution in [3.63, 3.8) is 0 Å². The standard InChI is InChI=1S/C14H9BrN2O/c15-14-4-3-12(18-14)9-17-6-5-11-2-1-10(8-16)7-13(11)17/h1-7H,9H2. The number of furan rings is 1. The Morgan fingerprint density at radius 1 is 1.22 bits per heavy atom. The number of nitrogens with zero attached hydrogens (tertiary/aromatic N) is 2. The van der Waals surface area contributed by atoms with Gasteiger partial charge < -0.3 is 8.98 Å². The van der Waals surface area contributed by atoms with Crippen LogP contribution >= 0.6 is 15.9 Å². The summed E-state index contributed by atoms with van der Waals surface area (Å²) in [5.74, 6) is 0.877. The maximum Gasteiger partial charge on any atom is 0.169 e. The summed E-state index contributed by atoms with van der Waals surface area (Å²) >= 11 is 3.29. The number of halogens is 1. The van der Waals surface area contributed by atoms with E-state index in [0.29, 0.717) is 12.1 Å². The zero-order valence-electron chi connectivity index (χ0n) is 9.43. The van der Waals surface area contributed by atoms with Gasteiger partial charge in [0.1, 0.15) is 5.76 Å². The number of nitriles is 1. The Labute approximate surface area is 112 Å². The molecule has 0 radical (unpaired) electrons. The zero-order chi connectivity index (χ0) is 12.5. The van der Waals surface area contributed by atoms with Crippen molar-refractivity contribution in [3.05, 3.63) is 58.6 Å². The smallest absolute Gasteiger partial charge is 0.169 e. The third kappa shape index (κ3) is 1.93. The molecule has 0 unspecified atom stereocenters. The van der Waals surface area contributed by atoms with Crippen LogP contribution in [0.1, 0.15) is 11.3 Å². The Morgan fingerprint density at radius 3 is 2.83 bits per heavy atom. The van der Waals surface area contributed by atoms with Gasteiger partial charge in [0.25, 0.3) is 0 Å². The van der Waals surface area contributed by atoms with Gasteiger partial charge in [-0.3, -0.25) is 0 Å². The molecule has 0 N–H and O–H groups in total. The highest BCUT2D eigenvalue weighted by Gasteiger charge is 2.05. The van der Waals surface area contributed by atoms with Crippen LogP contribution in [0.3, 0.4) is 0 Å². The molecule has 3 nitrogen and oxygen atoms in total. The van der Waals surface area contributed by atoms with E-state index in [1.54, 1.807) is 0 Å². The van der Waals surface area contributed by atoms with Crippen LogP contribution < -0.4 is 0 Å². The van der Waals surface area contributed by atoms with Crippen molar-refractivity contribution < 1.29 is 4.42 Å². The maximum atomic E-state index is 8.93. The Balaban J connectivity index is 2.04. The topological polar surface area (TPSA) is 41.9 Å². The van der Waals surface area contributed by atoms with Crippen LogP contribution in [-0.2, 0) is 6.54 Å². The molecule has 2 aromatic heterocycles. The van der Waals surface area contributed by atoms with Crippen molar-refractivity contribution in [2.24, 2.45) is 0 Å². The number of hydrogen-bond acceptors (Lipinski definition) is 2. The van der Waals surface area contributed by atoms with E-state index in [1.807, 2.05) is 42.6 Å². The molecule has 88 valence electrons. The van der Waals surface area contributed by atoms with Gasteiger partial charge in [-0.15, -0.1) is 0 Å². The molecule has 3 rings (SSSR count). The van der Waals surface area contributed by atoms with Gasteiger partial charge in [0.2, 0.25) is 0 Å². The third-order valence-electron chi connectivity index (χ3n) is 2.86. The fourth-order valence-electron chi connectivity index (χ4n) is 2.00. The summed E-state index contributed by atoms with van der Waals surface area (Å²) in [6.07, 6.45) is 2.00. The molecule has 0 aliphatic carbocycles. The molecule has 0 amide bonds. The van der Waals surface area contributed by atoms with E-state index < -0.39 is 0 Å². The summed E-state index contributed by atoms with van der Waals surface area (Å²) in [5.41, 5.74) is 1.71. The van der Waals surface area contributed by atoms with Crippen molar-refractivity contribution in [3.8, 4) is 6.07 Å². The maximum absolute atomic E-state index is 8.93. The lowest BCUT2D eigenvalue weighted by molar-refractivity contribution is 0.477. The molecule has 2 heterocycles. The van der Waals surface area contributed by atoms with Gasteiger partial charge in [0.05, 0.1) is 18.2 Å². The highest BCUT2D eigenvalue weighted by atomic mass is 79.9. The first-order valence-electron chi connectivity index (χ1n) is 5.49. The van der Waals surface area contributed by atoms with Gasteiger partial charge in [0, 0.05) is 11.7 Å². The summed E-state index contributed by atoms with van der Waals surface area (Å²) in [6, 6.07) is 13.7. The highest BCUT2D eigenvalue weighted by Crippen LogP contribution is 2.20. The average Bonchev–Trinajstić information content (AvgIpc) is 2.96. The summed E-state index contributed by atoms with van der Waals surface area (Å²) in [4.78, 5) is 0. The van der Waals surface area contributed by atoms with Crippen molar-refractivity contribution >= 4 is 26.8 Å². The second kappa shape index (κ2) is 4.35. The van der Waals surface area contributed by atoms with Crippen LogP contribution in [0.15, 0.2) is 51.7 Å². The second-order valence-electron chi connectivity index (χ2n) is 4.03. The molecule has 0 fully saturated rings. The number of benzene rings is 1. The Kier molecular flexibility index (Phi) is 2.69. The lowest BCUT2D eigenvalue weighted by Gasteiger charge is -2.03. The molecule has 0 aliphatic heterocycles. The lowest BCUT2D eigenvalue weighted by atomic mass is 10.2. The van der Waals surface area contributed by atoms with Gasteiger partial charge in [-0.05, 0) is 51.6 Å². The van der Waals surface area contributed by atoms with Crippen LogP contribution in [0, 0.1) is 11.3 Å². The zero-order valence-corrected chi connectivity index (χ0v) is 11.0. The van der Waals surface area contributed by atoms with Gasteiger partial charge in [0.15, 0.2) is 4.67 Å². The molecule has 0 spiro atoms. The molecule has 18 heavy (non-hydrogen) atoms. The minimum Gasteiger partial charge on any atom is -0.452 e. The van der Waals surface area contributed by atoms with E-state index in [-0.39, 0.29) is 0 Å². The van der Waals surface area contributed by atoms with Crippen LogP contribution in [0.25, 0.3) is 10.9 Å². The third-order valence-corrected chi connectivity index (χ3v) is 3.28. The number of hydrogen-bond donors (Lipinski definition) is 0. The Bertz CT molecular complexity index is 749. The predicted octanol–water partition coefficient (Wildman–Crippen LogP) is 3.92. The molecule has 4 heteroatoms. The molecule has 0 saturated carbocycles. The monoisotopic (exact) mass is 300 g/mol. The lowest BCUT2D eigenvalue weighted by Crippen LogP contribution is -1.96. The highest BCUT2D eigenvalue weighted by molar-refractivity contribution is 9.10. The first-order valence-corrected chi connectivity index (χ1v) is 6.29. The van der Waals surface area contributed by atoms with Gasteiger partial charge >= 0.3 is 0 Å².